The van der Waals surface area contributed by atoms with E-state index in [9.17, 15) is 14.4 Å². The second kappa shape index (κ2) is 8.31. The topological polar surface area (TPSA) is 144 Å². The number of amides is 3. The Balaban J connectivity index is 1.57. The molecule has 5 N–H and O–H groups in total. The Morgan fingerprint density at radius 3 is 2.77 bits per heavy atom. The lowest BCUT2D eigenvalue weighted by Gasteiger charge is -2.38. The number of pyridine rings is 1. The maximum atomic E-state index is 13.1. The van der Waals surface area contributed by atoms with Crippen LogP contribution < -0.4 is 16.8 Å². The fraction of sp³-hybridized carbons (Fsp3) is 0.286. The van der Waals surface area contributed by atoms with Crippen LogP contribution in [-0.2, 0) is 9.59 Å². The van der Waals surface area contributed by atoms with Gasteiger partial charge in [-0.1, -0.05) is 24.3 Å². The van der Waals surface area contributed by atoms with Crippen LogP contribution in [0.25, 0.3) is 10.2 Å². The number of hydrogen-bond donors (Lipinski definition) is 3. The molecule has 1 aliphatic heterocycles. The SMILES string of the molecule is CC1CCC(c2ccc3sc(N)nc3c2)N(C(=O)C(=O)Nc2cncc(C(N)=O)c2)C1. The van der Waals surface area contributed by atoms with Gasteiger partial charge in [0, 0.05) is 12.7 Å². The third kappa shape index (κ3) is 4.33. The van der Waals surface area contributed by atoms with Gasteiger partial charge in [-0.25, -0.2) is 4.98 Å². The summed E-state index contributed by atoms with van der Waals surface area (Å²) in [6, 6.07) is 6.98. The molecule has 3 heterocycles. The summed E-state index contributed by atoms with van der Waals surface area (Å²) in [5.41, 5.74) is 13.1. The molecule has 1 fully saturated rings. The summed E-state index contributed by atoms with van der Waals surface area (Å²) in [5.74, 6) is -1.83. The molecule has 2 unspecified atom stereocenters. The highest BCUT2D eigenvalue weighted by molar-refractivity contribution is 7.22. The largest absolute Gasteiger partial charge is 0.375 e. The van der Waals surface area contributed by atoms with Gasteiger partial charge in [-0.05, 0) is 42.5 Å². The predicted molar refractivity (Wildman–Crippen MR) is 118 cm³/mol. The molecule has 2 aromatic heterocycles. The Hall–Kier alpha value is -3.53. The number of primary amides is 1. The number of nitrogens with two attached hydrogens (primary N) is 2. The van der Waals surface area contributed by atoms with Crippen LogP contribution in [-0.4, -0.2) is 39.1 Å². The summed E-state index contributed by atoms with van der Waals surface area (Å²) < 4.78 is 0.975. The van der Waals surface area contributed by atoms with Crippen LogP contribution in [0.15, 0.2) is 36.7 Å². The van der Waals surface area contributed by atoms with E-state index >= 15 is 0 Å². The maximum absolute atomic E-state index is 13.1. The molecule has 1 aliphatic rings. The molecule has 10 heteroatoms. The first-order valence-electron chi connectivity index (χ1n) is 9.84. The molecule has 1 aromatic carbocycles. The fourth-order valence-corrected chi connectivity index (χ4v) is 4.57. The molecule has 0 spiro atoms. The number of piperidine rings is 1. The van der Waals surface area contributed by atoms with Crippen LogP contribution in [0.2, 0.25) is 0 Å². The van der Waals surface area contributed by atoms with E-state index in [1.54, 1.807) is 4.90 Å². The molecule has 4 rings (SSSR count). The molecule has 0 aliphatic carbocycles. The van der Waals surface area contributed by atoms with Crippen LogP contribution in [0.3, 0.4) is 0 Å². The highest BCUT2D eigenvalue weighted by atomic mass is 32.1. The van der Waals surface area contributed by atoms with Crippen LogP contribution in [0, 0.1) is 5.92 Å². The number of nitrogen functional groups attached to an aromatic ring is 1. The number of anilines is 2. The molecule has 0 radical (unpaired) electrons. The number of nitrogens with zero attached hydrogens (tertiary/aromatic N) is 3. The Kier molecular flexibility index (Phi) is 5.55. The van der Waals surface area contributed by atoms with E-state index in [0.717, 1.165) is 28.6 Å². The zero-order chi connectivity index (χ0) is 22.1. The van der Waals surface area contributed by atoms with Crippen LogP contribution in [0.5, 0.6) is 0 Å². The molecule has 31 heavy (non-hydrogen) atoms. The van der Waals surface area contributed by atoms with Crippen molar-refractivity contribution in [3.63, 3.8) is 0 Å². The summed E-state index contributed by atoms with van der Waals surface area (Å²) >= 11 is 1.41. The van der Waals surface area contributed by atoms with Gasteiger partial charge in [-0.2, -0.15) is 0 Å². The number of nitrogens with one attached hydrogen (secondary N) is 1. The normalized spacial score (nSPS) is 18.7. The fourth-order valence-electron chi connectivity index (χ4n) is 3.85. The van der Waals surface area contributed by atoms with Gasteiger partial charge in [-0.3, -0.25) is 19.4 Å². The number of carbonyl (C=O) groups is 3. The number of fused-ring (bicyclic) bond motifs is 1. The number of thiazole rings is 1. The average molecular weight is 439 g/mol. The molecule has 2 atom stereocenters. The lowest BCUT2D eigenvalue weighted by molar-refractivity contribution is -0.146. The predicted octanol–water partition coefficient (Wildman–Crippen LogP) is 2.31. The zero-order valence-corrected chi connectivity index (χ0v) is 17.7. The second-order valence-electron chi connectivity index (χ2n) is 7.72. The minimum Gasteiger partial charge on any atom is -0.375 e. The second-order valence-corrected chi connectivity index (χ2v) is 8.78. The standard InChI is InChI=1S/C21H22N6O3S/c1-11-2-4-16(12-3-5-17-15(7-12)26-21(23)31-17)27(10-11)20(30)19(29)25-14-6-13(18(22)28)8-24-9-14/h3,5-9,11,16H,2,4,10H2,1H3,(H2,22,28)(H2,23,26)(H,25,29). The Bertz CT molecular complexity index is 1180. The van der Waals surface area contributed by atoms with Crippen molar-refractivity contribution in [1.82, 2.24) is 14.9 Å². The van der Waals surface area contributed by atoms with E-state index < -0.39 is 17.7 Å². The number of likely N-dealkylation sites (tertiary alicyclic amines) is 1. The number of rotatable bonds is 3. The summed E-state index contributed by atoms with van der Waals surface area (Å²) in [6.45, 7) is 2.52. The maximum Gasteiger partial charge on any atom is 0.313 e. The quantitative estimate of drug-likeness (QED) is 0.535. The third-order valence-electron chi connectivity index (χ3n) is 5.37. The molecular weight excluding hydrogens is 416 g/mol. The first-order chi connectivity index (χ1) is 14.8. The van der Waals surface area contributed by atoms with Crippen molar-refractivity contribution in [3.8, 4) is 0 Å². The van der Waals surface area contributed by atoms with Gasteiger partial charge in [-0.15, -0.1) is 0 Å². The first kappa shape index (κ1) is 20.7. The summed E-state index contributed by atoms with van der Waals surface area (Å²) in [5, 5.41) is 3.02. The van der Waals surface area contributed by atoms with E-state index in [0.29, 0.717) is 11.7 Å². The minimum absolute atomic E-state index is 0.144. The van der Waals surface area contributed by atoms with Crippen molar-refractivity contribution in [1.29, 1.82) is 0 Å². The van der Waals surface area contributed by atoms with E-state index in [4.69, 9.17) is 11.5 Å². The first-order valence-corrected chi connectivity index (χ1v) is 10.7. The molecule has 160 valence electrons. The smallest absolute Gasteiger partial charge is 0.313 e. The van der Waals surface area contributed by atoms with Gasteiger partial charge >= 0.3 is 11.8 Å². The van der Waals surface area contributed by atoms with Gasteiger partial charge in [0.15, 0.2) is 5.13 Å². The van der Waals surface area contributed by atoms with Crippen molar-refractivity contribution in [2.75, 3.05) is 17.6 Å². The Morgan fingerprint density at radius 1 is 1.19 bits per heavy atom. The molecule has 1 saturated heterocycles. The van der Waals surface area contributed by atoms with Crippen LogP contribution in [0.1, 0.15) is 41.7 Å². The zero-order valence-electron chi connectivity index (χ0n) is 16.9. The minimum atomic E-state index is -0.790. The average Bonchev–Trinajstić information content (AvgIpc) is 3.12. The van der Waals surface area contributed by atoms with Crippen molar-refractivity contribution < 1.29 is 14.4 Å². The van der Waals surface area contributed by atoms with Crippen molar-refractivity contribution in [3.05, 3.63) is 47.8 Å². The van der Waals surface area contributed by atoms with E-state index in [1.807, 2.05) is 18.2 Å². The third-order valence-corrected chi connectivity index (χ3v) is 6.23. The van der Waals surface area contributed by atoms with Crippen LogP contribution in [0.4, 0.5) is 10.8 Å². The highest BCUT2D eigenvalue weighted by Crippen LogP contribution is 2.35. The van der Waals surface area contributed by atoms with E-state index in [-0.39, 0.29) is 23.2 Å². The monoisotopic (exact) mass is 438 g/mol. The van der Waals surface area contributed by atoms with Crippen LogP contribution >= 0.6 is 11.3 Å². The van der Waals surface area contributed by atoms with Crippen molar-refractivity contribution in [2.45, 2.75) is 25.8 Å². The molecular formula is C21H22N6O3S. The number of benzene rings is 1. The van der Waals surface area contributed by atoms with Gasteiger partial charge < -0.3 is 21.7 Å². The lowest BCUT2D eigenvalue weighted by Crippen LogP contribution is -2.46. The molecule has 3 amide bonds. The Labute approximate surface area is 182 Å². The number of carbonyl (C=O) groups excluding carboxylic acids is 3. The van der Waals surface area contributed by atoms with Gasteiger partial charge in [0.2, 0.25) is 5.91 Å². The van der Waals surface area contributed by atoms with Gasteiger partial charge in [0.25, 0.3) is 0 Å². The summed E-state index contributed by atoms with van der Waals surface area (Å²) in [4.78, 5) is 47.0. The van der Waals surface area contributed by atoms with Crippen molar-refractivity contribution in [2.24, 2.45) is 11.7 Å². The number of aromatic nitrogens is 2. The summed E-state index contributed by atoms with van der Waals surface area (Å²) in [6.07, 6.45) is 4.33. The molecule has 3 aromatic rings. The van der Waals surface area contributed by atoms with E-state index in [1.165, 1.54) is 29.8 Å². The molecule has 9 nitrogen and oxygen atoms in total. The van der Waals surface area contributed by atoms with Crippen molar-refractivity contribution >= 4 is 50.1 Å². The van der Waals surface area contributed by atoms with Gasteiger partial charge in [0.05, 0.1) is 33.7 Å². The molecule has 0 bridgehead atoms. The molecule has 0 saturated carbocycles. The van der Waals surface area contributed by atoms with Gasteiger partial charge in [0.1, 0.15) is 0 Å². The number of hydrogen-bond acceptors (Lipinski definition) is 7. The summed E-state index contributed by atoms with van der Waals surface area (Å²) in [7, 11) is 0. The van der Waals surface area contributed by atoms with E-state index in [2.05, 4.69) is 22.2 Å². The Morgan fingerprint density at radius 2 is 2.00 bits per heavy atom. The highest BCUT2D eigenvalue weighted by Gasteiger charge is 2.34. The lowest BCUT2D eigenvalue weighted by atomic mass is 9.89.